The van der Waals surface area contributed by atoms with E-state index in [2.05, 4.69) is 10.1 Å². The molecule has 1 aromatic carbocycles. The molecule has 1 N–H and O–H groups in total. The van der Waals surface area contributed by atoms with Crippen LogP contribution in [0.1, 0.15) is 29.3 Å². The van der Waals surface area contributed by atoms with Gasteiger partial charge in [0.2, 0.25) is 5.76 Å². The quantitative estimate of drug-likeness (QED) is 0.859. The molecule has 0 aliphatic heterocycles. The Morgan fingerprint density at radius 1 is 1.32 bits per heavy atom. The maximum atomic E-state index is 13.5. The maximum Gasteiger partial charge on any atom is 0.373 e. The minimum Gasteiger partial charge on any atom is -0.463 e. The average Bonchev–Trinajstić information content (AvgIpc) is 2.90. The molecule has 2 rings (SSSR count). The maximum absolute atomic E-state index is 13.5. The number of benzene rings is 1. The van der Waals surface area contributed by atoms with Crippen molar-refractivity contribution in [3.8, 4) is 0 Å². The van der Waals surface area contributed by atoms with Gasteiger partial charge in [-0.2, -0.15) is 0 Å². The van der Waals surface area contributed by atoms with Crippen LogP contribution in [0.2, 0.25) is 0 Å². The van der Waals surface area contributed by atoms with Crippen molar-refractivity contribution in [2.24, 2.45) is 0 Å². The number of hydrogen-bond donors (Lipinski definition) is 1. The zero-order chi connectivity index (χ0) is 13.8. The van der Waals surface area contributed by atoms with Gasteiger partial charge in [0, 0.05) is 0 Å². The molecule has 100 valence electrons. The number of carbonyl (C=O) groups is 1. The van der Waals surface area contributed by atoms with Crippen LogP contribution in [-0.2, 0) is 4.74 Å². The highest BCUT2D eigenvalue weighted by atomic mass is 19.1. The number of methoxy groups -OCH3 is 1. The second-order valence-electron chi connectivity index (χ2n) is 4.04. The largest absolute Gasteiger partial charge is 0.463 e. The lowest BCUT2D eigenvalue weighted by Gasteiger charge is -2.13. The molecule has 0 aliphatic carbocycles. The number of anilines is 1. The topological polar surface area (TPSA) is 51.5 Å². The first-order valence-corrected chi connectivity index (χ1v) is 5.81. The van der Waals surface area contributed by atoms with Gasteiger partial charge in [0.15, 0.2) is 0 Å². The summed E-state index contributed by atoms with van der Waals surface area (Å²) in [4.78, 5) is 11.3. The number of nitrogens with one attached hydrogen (secondary N) is 1. The van der Waals surface area contributed by atoms with Crippen LogP contribution in [0.4, 0.5) is 10.1 Å². The molecular formula is C14H14FNO3. The number of para-hydroxylation sites is 1. The Hall–Kier alpha value is -2.30. The minimum atomic E-state index is -0.538. The van der Waals surface area contributed by atoms with E-state index in [4.69, 9.17) is 4.42 Å². The molecule has 0 fully saturated rings. The average molecular weight is 263 g/mol. The van der Waals surface area contributed by atoms with Gasteiger partial charge in [0.05, 0.1) is 18.8 Å². The van der Waals surface area contributed by atoms with Gasteiger partial charge in [-0.25, -0.2) is 9.18 Å². The molecule has 19 heavy (non-hydrogen) atoms. The van der Waals surface area contributed by atoms with Crippen LogP contribution in [0.15, 0.2) is 40.8 Å². The highest BCUT2D eigenvalue weighted by Crippen LogP contribution is 2.23. The first-order chi connectivity index (χ1) is 9.11. The van der Waals surface area contributed by atoms with Crippen molar-refractivity contribution in [1.82, 2.24) is 0 Å². The Morgan fingerprint density at radius 3 is 2.74 bits per heavy atom. The molecule has 0 radical (unpaired) electrons. The Kier molecular flexibility index (Phi) is 3.85. The number of halogens is 1. The van der Waals surface area contributed by atoms with Crippen LogP contribution in [0, 0.1) is 5.82 Å². The van der Waals surface area contributed by atoms with Gasteiger partial charge in [-0.15, -0.1) is 0 Å². The Labute approximate surface area is 110 Å². The van der Waals surface area contributed by atoms with E-state index < -0.39 is 5.97 Å². The van der Waals surface area contributed by atoms with Crippen molar-refractivity contribution in [2.45, 2.75) is 13.0 Å². The van der Waals surface area contributed by atoms with Crippen LogP contribution in [-0.4, -0.2) is 13.1 Å². The predicted molar refractivity (Wildman–Crippen MR) is 68.5 cm³/mol. The van der Waals surface area contributed by atoms with Crippen molar-refractivity contribution in [3.05, 3.63) is 53.7 Å². The number of esters is 1. The molecule has 4 nitrogen and oxygen atoms in total. The van der Waals surface area contributed by atoms with Crippen molar-refractivity contribution >= 4 is 11.7 Å². The molecule has 1 aromatic heterocycles. The molecule has 0 saturated heterocycles. The fraction of sp³-hybridized carbons (Fsp3) is 0.214. The second kappa shape index (κ2) is 5.56. The number of ether oxygens (including phenoxy) is 1. The lowest BCUT2D eigenvalue weighted by atomic mass is 10.2. The minimum absolute atomic E-state index is 0.125. The van der Waals surface area contributed by atoms with E-state index in [9.17, 15) is 9.18 Å². The third-order valence-electron chi connectivity index (χ3n) is 2.69. The van der Waals surface area contributed by atoms with Crippen LogP contribution >= 0.6 is 0 Å². The fourth-order valence-corrected chi connectivity index (χ4v) is 1.68. The smallest absolute Gasteiger partial charge is 0.373 e. The van der Waals surface area contributed by atoms with Crippen LogP contribution in [0.5, 0.6) is 0 Å². The molecule has 2 aromatic rings. The van der Waals surface area contributed by atoms with Crippen LogP contribution in [0.25, 0.3) is 0 Å². The highest BCUT2D eigenvalue weighted by Gasteiger charge is 2.16. The molecule has 0 bridgehead atoms. The Balaban J connectivity index is 2.12. The van der Waals surface area contributed by atoms with E-state index in [1.165, 1.54) is 19.2 Å². The van der Waals surface area contributed by atoms with Gasteiger partial charge in [-0.05, 0) is 31.2 Å². The molecule has 0 amide bonds. The SMILES string of the molecule is COC(=O)c1ccc(C(C)Nc2ccccc2F)o1. The summed E-state index contributed by atoms with van der Waals surface area (Å²) in [6.45, 7) is 1.81. The van der Waals surface area contributed by atoms with Gasteiger partial charge in [-0.3, -0.25) is 0 Å². The van der Waals surface area contributed by atoms with Crippen molar-refractivity contribution in [2.75, 3.05) is 12.4 Å². The fourth-order valence-electron chi connectivity index (χ4n) is 1.68. The van der Waals surface area contributed by atoms with E-state index in [0.29, 0.717) is 11.4 Å². The van der Waals surface area contributed by atoms with Gasteiger partial charge >= 0.3 is 5.97 Å². The molecule has 1 heterocycles. The summed E-state index contributed by atoms with van der Waals surface area (Å²) in [5.74, 6) is -0.221. The molecule has 0 spiro atoms. The van der Waals surface area contributed by atoms with Gasteiger partial charge in [0.25, 0.3) is 0 Å². The van der Waals surface area contributed by atoms with Crippen molar-refractivity contribution in [3.63, 3.8) is 0 Å². The van der Waals surface area contributed by atoms with E-state index in [0.717, 1.165) is 0 Å². The lowest BCUT2D eigenvalue weighted by Crippen LogP contribution is -2.07. The first kappa shape index (κ1) is 13.1. The predicted octanol–water partition coefficient (Wildman–Crippen LogP) is 3.38. The normalized spacial score (nSPS) is 11.9. The van der Waals surface area contributed by atoms with Gasteiger partial charge in [-0.1, -0.05) is 12.1 Å². The van der Waals surface area contributed by atoms with Crippen LogP contribution < -0.4 is 5.32 Å². The van der Waals surface area contributed by atoms with Gasteiger partial charge in [0.1, 0.15) is 11.6 Å². The number of rotatable bonds is 4. The third-order valence-corrected chi connectivity index (χ3v) is 2.69. The zero-order valence-electron chi connectivity index (χ0n) is 10.6. The number of furan rings is 1. The second-order valence-corrected chi connectivity index (χ2v) is 4.04. The van der Waals surface area contributed by atoms with Crippen LogP contribution in [0.3, 0.4) is 0 Å². The summed E-state index contributed by atoms with van der Waals surface area (Å²) >= 11 is 0. The first-order valence-electron chi connectivity index (χ1n) is 5.81. The molecule has 5 heteroatoms. The summed E-state index contributed by atoms with van der Waals surface area (Å²) in [6, 6.07) is 9.28. The summed E-state index contributed by atoms with van der Waals surface area (Å²) in [6.07, 6.45) is 0. The molecule has 1 atom stereocenters. The highest BCUT2D eigenvalue weighted by molar-refractivity contribution is 5.86. The van der Waals surface area contributed by atoms with Gasteiger partial charge < -0.3 is 14.5 Å². The van der Waals surface area contributed by atoms with E-state index >= 15 is 0 Å². The lowest BCUT2D eigenvalue weighted by molar-refractivity contribution is 0.0562. The molecule has 0 saturated carbocycles. The van der Waals surface area contributed by atoms with E-state index in [-0.39, 0.29) is 17.6 Å². The third kappa shape index (κ3) is 2.93. The molecular weight excluding hydrogens is 249 g/mol. The van der Waals surface area contributed by atoms with Crippen molar-refractivity contribution < 1.29 is 18.3 Å². The monoisotopic (exact) mass is 263 g/mol. The zero-order valence-corrected chi connectivity index (χ0v) is 10.6. The molecule has 0 aliphatic rings. The standard InChI is InChI=1S/C14H14FNO3/c1-9(16-11-6-4-3-5-10(11)15)12-7-8-13(19-12)14(17)18-2/h3-9,16H,1-2H3. The number of hydrogen-bond acceptors (Lipinski definition) is 4. The van der Waals surface area contributed by atoms with E-state index in [1.54, 1.807) is 24.3 Å². The summed E-state index contributed by atoms with van der Waals surface area (Å²) < 4.78 is 23.4. The Morgan fingerprint density at radius 2 is 2.05 bits per heavy atom. The summed E-state index contributed by atoms with van der Waals surface area (Å²) in [5.41, 5.74) is 0.381. The number of carbonyl (C=O) groups excluding carboxylic acids is 1. The summed E-state index contributed by atoms with van der Waals surface area (Å²) in [7, 11) is 1.28. The van der Waals surface area contributed by atoms with Crippen molar-refractivity contribution in [1.29, 1.82) is 0 Å². The van der Waals surface area contributed by atoms with E-state index in [1.807, 2.05) is 6.92 Å². The Bertz CT molecular complexity index is 580. The summed E-state index contributed by atoms with van der Waals surface area (Å²) in [5, 5.41) is 2.98. The molecule has 1 unspecified atom stereocenters.